The predicted octanol–water partition coefficient (Wildman–Crippen LogP) is 4.95. The van der Waals surface area contributed by atoms with Gasteiger partial charge in [0, 0.05) is 64.6 Å². The molecule has 0 bridgehead atoms. The SMILES string of the molecule is CCCCOCC(CN1CC1)OC(=O)NC1CCC(CC2CCC(NC(=O)OC(COCCCC)CN3CC3)CC2)CC1. The first-order valence-electron chi connectivity index (χ1n) is 17.5. The molecule has 2 atom stereocenters. The number of amides is 2. The Morgan fingerprint density at radius 1 is 0.651 bits per heavy atom. The number of ether oxygens (including phenoxy) is 4. The van der Waals surface area contributed by atoms with Gasteiger partial charge in [0.2, 0.25) is 0 Å². The molecule has 10 heteroatoms. The lowest BCUT2D eigenvalue weighted by atomic mass is 9.76. The molecule has 2 saturated carbocycles. The van der Waals surface area contributed by atoms with Gasteiger partial charge >= 0.3 is 12.2 Å². The van der Waals surface area contributed by atoms with Gasteiger partial charge in [0.1, 0.15) is 12.2 Å². The van der Waals surface area contributed by atoms with Crippen LogP contribution in [0.25, 0.3) is 0 Å². The first-order chi connectivity index (χ1) is 21.0. The van der Waals surface area contributed by atoms with Gasteiger partial charge in [-0.2, -0.15) is 0 Å². The molecular formula is C33H60N4O6. The molecule has 43 heavy (non-hydrogen) atoms. The maximum Gasteiger partial charge on any atom is 0.407 e. The summed E-state index contributed by atoms with van der Waals surface area (Å²) in [6.45, 7) is 12.5. The molecule has 0 aromatic carbocycles. The maximum atomic E-state index is 12.6. The van der Waals surface area contributed by atoms with Crippen LogP contribution in [0.15, 0.2) is 0 Å². The van der Waals surface area contributed by atoms with Crippen molar-refractivity contribution < 1.29 is 28.5 Å². The zero-order valence-corrected chi connectivity index (χ0v) is 27.1. The van der Waals surface area contributed by atoms with E-state index in [2.05, 4.69) is 34.3 Å². The topological polar surface area (TPSA) is 101 Å². The summed E-state index contributed by atoms with van der Waals surface area (Å²) < 4.78 is 23.0. The van der Waals surface area contributed by atoms with Crippen LogP contribution in [0.5, 0.6) is 0 Å². The zero-order chi connectivity index (χ0) is 30.3. The number of nitrogens with one attached hydrogen (secondary N) is 2. The molecular weight excluding hydrogens is 548 g/mol. The molecule has 0 radical (unpaired) electrons. The van der Waals surface area contributed by atoms with Gasteiger partial charge in [0.05, 0.1) is 13.2 Å². The van der Waals surface area contributed by atoms with Crippen molar-refractivity contribution in [3.63, 3.8) is 0 Å². The van der Waals surface area contributed by atoms with Crippen LogP contribution < -0.4 is 10.6 Å². The van der Waals surface area contributed by atoms with E-state index in [4.69, 9.17) is 18.9 Å². The number of carbonyl (C=O) groups is 2. The molecule has 2 aliphatic carbocycles. The van der Waals surface area contributed by atoms with Crippen LogP contribution in [0.2, 0.25) is 0 Å². The highest BCUT2D eigenvalue weighted by atomic mass is 16.6. The summed E-state index contributed by atoms with van der Waals surface area (Å²) in [5.41, 5.74) is 0. The molecule has 2 N–H and O–H groups in total. The van der Waals surface area contributed by atoms with Crippen LogP contribution in [0, 0.1) is 11.8 Å². The van der Waals surface area contributed by atoms with Crippen molar-refractivity contribution in [2.75, 3.05) is 65.7 Å². The van der Waals surface area contributed by atoms with Gasteiger partial charge in [-0.05, 0) is 82.5 Å². The number of unbranched alkanes of at least 4 members (excludes halogenated alkanes) is 2. The molecule has 248 valence electrons. The van der Waals surface area contributed by atoms with E-state index in [0.29, 0.717) is 13.2 Å². The number of hydrogen-bond donors (Lipinski definition) is 2. The second kappa shape index (κ2) is 19.0. The highest BCUT2D eigenvalue weighted by Crippen LogP contribution is 2.35. The summed E-state index contributed by atoms with van der Waals surface area (Å²) in [5.74, 6) is 1.45. The zero-order valence-electron chi connectivity index (χ0n) is 27.1. The van der Waals surface area contributed by atoms with E-state index in [1.807, 2.05) is 0 Å². The van der Waals surface area contributed by atoms with Gasteiger partial charge in [0.15, 0.2) is 0 Å². The largest absolute Gasteiger partial charge is 0.442 e. The average molecular weight is 609 g/mol. The fourth-order valence-electron chi connectivity index (χ4n) is 6.51. The van der Waals surface area contributed by atoms with E-state index in [1.54, 1.807) is 0 Å². The van der Waals surface area contributed by atoms with Crippen LogP contribution in [0.1, 0.15) is 97.3 Å². The molecule has 4 aliphatic rings. The Labute approximate surface area is 260 Å². The van der Waals surface area contributed by atoms with Gasteiger partial charge in [-0.15, -0.1) is 0 Å². The number of alkyl carbamates (subject to hydrolysis) is 2. The molecule has 2 aliphatic heterocycles. The molecule has 2 unspecified atom stereocenters. The minimum atomic E-state index is -0.292. The number of rotatable bonds is 20. The maximum absolute atomic E-state index is 12.6. The van der Waals surface area contributed by atoms with Crippen LogP contribution in [-0.2, 0) is 18.9 Å². The van der Waals surface area contributed by atoms with E-state index in [1.165, 1.54) is 6.42 Å². The Morgan fingerprint density at radius 3 is 1.40 bits per heavy atom. The Balaban J connectivity index is 1.06. The fraction of sp³-hybridized carbons (Fsp3) is 0.939. The molecule has 0 aromatic rings. The van der Waals surface area contributed by atoms with Crippen molar-refractivity contribution >= 4 is 12.2 Å². The summed E-state index contributed by atoms with van der Waals surface area (Å²) in [4.78, 5) is 29.8. The molecule has 2 heterocycles. The third kappa shape index (κ3) is 14.4. The highest BCUT2D eigenvalue weighted by Gasteiger charge is 2.31. The minimum Gasteiger partial charge on any atom is -0.442 e. The third-order valence-corrected chi connectivity index (χ3v) is 9.45. The molecule has 0 aromatic heterocycles. The van der Waals surface area contributed by atoms with E-state index in [9.17, 15) is 9.59 Å². The van der Waals surface area contributed by atoms with Gasteiger partial charge in [-0.1, -0.05) is 26.7 Å². The van der Waals surface area contributed by atoms with Gasteiger partial charge in [-0.25, -0.2) is 9.59 Å². The molecule has 4 rings (SSSR count). The lowest BCUT2D eigenvalue weighted by molar-refractivity contribution is 0.0115. The van der Waals surface area contributed by atoms with Crippen molar-refractivity contribution in [2.24, 2.45) is 11.8 Å². The Morgan fingerprint density at radius 2 is 1.05 bits per heavy atom. The number of nitrogens with zero attached hydrogens (tertiary/aromatic N) is 2. The van der Waals surface area contributed by atoms with Crippen molar-refractivity contribution in [1.82, 2.24) is 20.4 Å². The Hall–Kier alpha value is -1.62. The molecule has 0 spiro atoms. The molecule has 2 saturated heterocycles. The van der Waals surface area contributed by atoms with E-state index < -0.39 is 0 Å². The summed E-state index contributed by atoms with van der Waals surface area (Å²) in [6, 6.07) is 0.408. The summed E-state index contributed by atoms with van der Waals surface area (Å²) >= 11 is 0. The summed E-state index contributed by atoms with van der Waals surface area (Å²) in [6.07, 6.45) is 13.3. The fourth-order valence-corrected chi connectivity index (χ4v) is 6.51. The summed E-state index contributed by atoms with van der Waals surface area (Å²) in [5, 5.41) is 6.28. The second-order valence-corrected chi connectivity index (χ2v) is 13.5. The molecule has 10 nitrogen and oxygen atoms in total. The quantitative estimate of drug-likeness (QED) is 0.148. The van der Waals surface area contributed by atoms with Gasteiger partial charge in [-0.3, -0.25) is 9.80 Å². The minimum absolute atomic E-state index is 0.200. The van der Waals surface area contributed by atoms with Crippen LogP contribution in [0.4, 0.5) is 9.59 Å². The van der Waals surface area contributed by atoms with Crippen LogP contribution >= 0.6 is 0 Å². The second-order valence-electron chi connectivity index (χ2n) is 13.5. The first-order valence-corrected chi connectivity index (χ1v) is 17.5. The average Bonchev–Trinajstić information content (AvgIpc) is 3.93. The van der Waals surface area contributed by atoms with E-state index in [-0.39, 0.29) is 36.5 Å². The van der Waals surface area contributed by atoms with Crippen molar-refractivity contribution in [2.45, 2.75) is 122 Å². The van der Waals surface area contributed by atoms with Crippen molar-refractivity contribution in [1.29, 1.82) is 0 Å². The standard InChI is InChI=1S/C33H60N4O6/c1-3-5-19-40-24-30(22-36-15-16-36)42-32(38)34-28-11-7-26(8-12-28)21-27-9-13-29(14-10-27)35-33(39)43-31(23-37-17-18-37)25-41-20-6-4-2/h26-31H,3-25H2,1-2H3,(H,34,38)(H,35,39). The first kappa shape index (κ1) is 34.3. The number of hydrogen-bond acceptors (Lipinski definition) is 8. The molecule has 4 fully saturated rings. The monoisotopic (exact) mass is 608 g/mol. The molecule has 2 amide bonds. The Bertz CT molecular complexity index is 730. The van der Waals surface area contributed by atoms with Crippen molar-refractivity contribution in [3.05, 3.63) is 0 Å². The lowest BCUT2D eigenvalue weighted by Gasteiger charge is -2.34. The number of carbonyl (C=O) groups excluding carboxylic acids is 2. The third-order valence-electron chi connectivity index (χ3n) is 9.45. The summed E-state index contributed by atoms with van der Waals surface area (Å²) in [7, 11) is 0. The van der Waals surface area contributed by atoms with Crippen molar-refractivity contribution in [3.8, 4) is 0 Å². The Kier molecular flexibility index (Phi) is 15.2. The predicted molar refractivity (Wildman–Crippen MR) is 167 cm³/mol. The van der Waals surface area contributed by atoms with Crippen LogP contribution in [-0.4, -0.2) is 112 Å². The van der Waals surface area contributed by atoms with Crippen LogP contribution in [0.3, 0.4) is 0 Å². The highest BCUT2D eigenvalue weighted by molar-refractivity contribution is 5.68. The van der Waals surface area contributed by atoms with Gasteiger partial charge < -0.3 is 29.6 Å². The normalized spacial score (nSPS) is 27.2. The lowest BCUT2D eigenvalue weighted by Crippen LogP contribution is -2.42. The van der Waals surface area contributed by atoms with Gasteiger partial charge in [0.25, 0.3) is 0 Å². The smallest absolute Gasteiger partial charge is 0.407 e. The van der Waals surface area contributed by atoms with E-state index >= 15 is 0 Å². The van der Waals surface area contributed by atoms with E-state index in [0.717, 1.165) is 141 Å².